The molecule has 1 aliphatic carbocycles. The van der Waals surface area contributed by atoms with Crippen LogP contribution in [-0.2, 0) is 31.1 Å². The van der Waals surface area contributed by atoms with Gasteiger partial charge in [0.15, 0.2) is 11.6 Å². The Hall–Kier alpha value is -5.63. The van der Waals surface area contributed by atoms with E-state index < -0.39 is 46.6 Å². The van der Waals surface area contributed by atoms with Crippen molar-refractivity contribution in [3.63, 3.8) is 0 Å². The first-order valence-electron chi connectivity index (χ1n) is 16.6. The number of hydrogen-bond acceptors (Lipinski definition) is 7. The number of anilines is 1. The molecule has 6 rings (SSSR count). The number of fused-ring (bicyclic) bond motifs is 2. The minimum atomic E-state index is -1.88. The summed E-state index contributed by atoms with van der Waals surface area (Å²) in [6, 6.07) is 29.7. The molecule has 4 aromatic rings. The van der Waals surface area contributed by atoms with Crippen molar-refractivity contribution in [1.29, 1.82) is 0 Å². The number of rotatable bonds is 8. The second kappa shape index (κ2) is 13.3. The number of hydrogen-bond donors (Lipinski definition) is 0. The molecular weight excluding hydrogens is 630 g/mol. The highest BCUT2D eigenvalue weighted by atomic mass is 16.6. The summed E-state index contributed by atoms with van der Waals surface area (Å²) in [6.45, 7) is 8.77. The highest BCUT2D eigenvalue weighted by Gasteiger charge is 2.68. The molecule has 2 amide bonds. The monoisotopic (exact) mass is 669 g/mol. The summed E-state index contributed by atoms with van der Waals surface area (Å²) >= 11 is 0. The summed E-state index contributed by atoms with van der Waals surface area (Å²) in [5.74, 6) is -4.84. The van der Waals surface area contributed by atoms with Crippen LogP contribution in [0.4, 0.5) is 10.5 Å². The van der Waals surface area contributed by atoms with Gasteiger partial charge in [0.1, 0.15) is 23.5 Å². The molecule has 1 unspecified atom stereocenters. The first-order valence-corrected chi connectivity index (χ1v) is 16.6. The minimum absolute atomic E-state index is 0.0304. The third-order valence-electron chi connectivity index (χ3n) is 9.27. The van der Waals surface area contributed by atoms with Gasteiger partial charge in [0.2, 0.25) is 5.91 Å². The van der Waals surface area contributed by atoms with Gasteiger partial charge in [-0.05, 0) is 51.8 Å². The van der Waals surface area contributed by atoms with Crippen LogP contribution >= 0.6 is 0 Å². The van der Waals surface area contributed by atoms with Crippen molar-refractivity contribution in [2.24, 2.45) is 11.8 Å². The van der Waals surface area contributed by atoms with Crippen LogP contribution in [0.5, 0.6) is 0 Å². The van der Waals surface area contributed by atoms with Crippen LogP contribution in [0.15, 0.2) is 115 Å². The van der Waals surface area contributed by atoms with Crippen molar-refractivity contribution < 1.29 is 33.4 Å². The Balaban J connectivity index is 1.54. The average Bonchev–Trinajstić information content (AvgIpc) is 3.56. The summed E-state index contributed by atoms with van der Waals surface area (Å²) in [6.07, 6.45) is 0.430. The van der Waals surface area contributed by atoms with Gasteiger partial charge >= 0.3 is 12.1 Å². The molecule has 0 aromatic heterocycles. The van der Waals surface area contributed by atoms with Gasteiger partial charge in [0, 0.05) is 29.0 Å². The lowest BCUT2D eigenvalue weighted by Gasteiger charge is -2.35. The van der Waals surface area contributed by atoms with Gasteiger partial charge in [-0.2, -0.15) is 0 Å². The van der Waals surface area contributed by atoms with Crippen LogP contribution in [0.3, 0.4) is 0 Å². The second-order valence-corrected chi connectivity index (χ2v) is 14.0. The Morgan fingerprint density at radius 2 is 1.34 bits per heavy atom. The molecule has 1 aliphatic heterocycles. The molecular formula is C42H39NO7. The number of amides is 2. The van der Waals surface area contributed by atoms with E-state index >= 15 is 4.79 Å². The highest BCUT2D eigenvalue weighted by Crippen LogP contribution is 2.59. The number of imide groups is 1. The van der Waals surface area contributed by atoms with Crippen LogP contribution in [-0.4, -0.2) is 35.1 Å². The van der Waals surface area contributed by atoms with Crippen LogP contribution in [0.25, 0.3) is 0 Å². The molecule has 8 nitrogen and oxygen atoms in total. The Morgan fingerprint density at radius 1 is 0.760 bits per heavy atom. The number of esters is 1. The van der Waals surface area contributed by atoms with Crippen LogP contribution in [0.2, 0.25) is 0 Å². The molecule has 0 N–H and O–H groups in total. The SMILES string of the molecule is Cc1ccc(C(=O)C[C@@H]2C=C(C(=O)c3ccc(C)cc3)C(C(=O)OCc3ccccc3)[C@]23C(=O)N(C(=O)OC(C)(C)C)c2ccccc23)cc1. The first kappa shape index (κ1) is 34.2. The average molecular weight is 670 g/mol. The van der Waals surface area contributed by atoms with Crippen molar-refractivity contribution in [1.82, 2.24) is 0 Å². The van der Waals surface area contributed by atoms with Crippen LogP contribution < -0.4 is 4.90 Å². The highest BCUT2D eigenvalue weighted by molar-refractivity contribution is 6.25. The summed E-state index contributed by atoms with van der Waals surface area (Å²) in [5.41, 5.74) is 1.11. The molecule has 0 radical (unpaired) electrons. The van der Waals surface area contributed by atoms with E-state index in [1.54, 1.807) is 99.6 Å². The normalized spacial score (nSPS) is 19.6. The van der Waals surface area contributed by atoms with Gasteiger partial charge < -0.3 is 9.47 Å². The van der Waals surface area contributed by atoms with E-state index in [2.05, 4.69) is 0 Å². The number of allylic oxidation sites excluding steroid dienone is 1. The van der Waals surface area contributed by atoms with Crippen molar-refractivity contribution in [3.05, 3.63) is 148 Å². The van der Waals surface area contributed by atoms with Gasteiger partial charge in [0.05, 0.1) is 5.69 Å². The summed E-state index contributed by atoms with van der Waals surface area (Å²) in [4.78, 5) is 73.0. The fraction of sp³-hybridized carbons (Fsp3) is 0.262. The number of carbonyl (C=O) groups is 5. The molecule has 254 valence electrons. The zero-order chi connectivity index (χ0) is 35.8. The predicted molar refractivity (Wildman–Crippen MR) is 189 cm³/mol. The standard InChI is InChI=1S/C42H39NO7/c1-26-15-19-29(20-16-26)35(44)24-31-23-32(37(45)30-21-17-27(2)18-22-30)36(38(46)49-25-28-11-7-6-8-12-28)42(31)33-13-9-10-14-34(33)43(39(42)47)40(48)50-41(3,4)5/h6-23,31,36H,24-25H2,1-5H3/t31-,36?,42-/m0/s1. The lowest BCUT2D eigenvalue weighted by Crippen LogP contribution is -2.53. The number of aryl methyl sites for hydroxylation is 2. The van der Waals surface area contributed by atoms with Gasteiger partial charge in [0.25, 0.3) is 0 Å². The molecule has 4 aromatic carbocycles. The van der Waals surface area contributed by atoms with Crippen LogP contribution in [0.1, 0.15) is 70.2 Å². The maximum atomic E-state index is 15.2. The number of Topliss-reactive ketones (excluding diaryl/α,β-unsaturated/α-hetero) is 2. The number of carbonyl (C=O) groups excluding carboxylic acids is 5. The van der Waals surface area contributed by atoms with E-state index in [-0.39, 0.29) is 30.1 Å². The van der Waals surface area contributed by atoms with Crippen molar-refractivity contribution in [3.8, 4) is 0 Å². The largest absolute Gasteiger partial charge is 0.460 e. The molecule has 0 fully saturated rings. The summed E-state index contributed by atoms with van der Waals surface area (Å²) < 4.78 is 11.6. The number of nitrogens with zero attached hydrogens (tertiary/aromatic N) is 1. The fourth-order valence-electron chi connectivity index (χ4n) is 6.94. The van der Waals surface area contributed by atoms with Gasteiger partial charge in [-0.3, -0.25) is 19.2 Å². The Morgan fingerprint density at radius 3 is 1.96 bits per heavy atom. The zero-order valence-corrected chi connectivity index (χ0v) is 28.8. The molecule has 3 atom stereocenters. The van der Waals surface area contributed by atoms with E-state index in [0.29, 0.717) is 22.3 Å². The molecule has 1 spiro atoms. The third-order valence-corrected chi connectivity index (χ3v) is 9.27. The number of para-hydroxylation sites is 1. The number of benzene rings is 4. The van der Waals surface area contributed by atoms with Gasteiger partial charge in [-0.1, -0.05) is 114 Å². The Labute approximate surface area is 291 Å². The lowest BCUT2D eigenvalue weighted by atomic mass is 9.64. The maximum Gasteiger partial charge on any atom is 0.421 e. The van der Waals surface area contributed by atoms with E-state index in [0.717, 1.165) is 16.0 Å². The molecule has 1 heterocycles. The van der Waals surface area contributed by atoms with E-state index in [1.807, 2.05) is 44.2 Å². The fourth-order valence-corrected chi connectivity index (χ4v) is 6.94. The van der Waals surface area contributed by atoms with Crippen molar-refractivity contribution in [2.75, 3.05) is 4.90 Å². The molecule has 0 saturated carbocycles. The van der Waals surface area contributed by atoms with E-state index in [4.69, 9.17) is 9.47 Å². The summed E-state index contributed by atoms with van der Waals surface area (Å²) in [7, 11) is 0. The third kappa shape index (κ3) is 6.29. The number of ether oxygens (including phenoxy) is 2. The van der Waals surface area contributed by atoms with E-state index in [9.17, 15) is 19.2 Å². The van der Waals surface area contributed by atoms with E-state index in [1.165, 1.54) is 0 Å². The zero-order valence-electron chi connectivity index (χ0n) is 28.8. The lowest BCUT2D eigenvalue weighted by molar-refractivity contribution is -0.153. The van der Waals surface area contributed by atoms with Crippen LogP contribution in [0, 0.1) is 25.7 Å². The quantitative estimate of drug-likeness (QED) is 0.139. The summed E-state index contributed by atoms with van der Waals surface area (Å²) in [5, 5.41) is 0. The molecule has 2 aliphatic rings. The van der Waals surface area contributed by atoms with Crippen molar-refractivity contribution >= 4 is 35.2 Å². The first-order chi connectivity index (χ1) is 23.8. The Bertz CT molecular complexity index is 2010. The van der Waals surface area contributed by atoms with Gasteiger partial charge in [-0.25, -0.2) is 9.69 Å². The Kier molecular flexibility index (Phi) is 9.14. The predicted octanol–water partition coefficient (Wildman–Crippen LogP) is 7.89. The second-order valence-electron chi connectivity index (χ2n) is 14.0. The molecule has 0 saturated heterocycles. The van der Waals surface area contributed by atoms with Crippen molar-refractivity contribution in [2.45, 2.75) is 58.7 Å². The molecule has 0 bridgehead atoms. The van der Waals surface area contributed by atoms with Gasteiger partial charge in [-0.15, -0.1) is 0 Å². The maximum absolute atomic E-state index is 15.2. The molecule has 50 heavy (non-hydrogen) atoms. The molecule has 8 heteroatoms. The number of ketones is 2. The smallest absolute Gasteiger partial charge is 0.421 e. The topological polar surface area (TPSA) is 107 Å². The minimum Gasteiger partial charge on any atom is -0.460 e.